The van der Waals surface area contributed by atoms with Crippen LogP contribution in [0.15, 0.2) is 57.4 Å². The fourth-order valence-corrected chi connectivity index (χ4v) is 3.51. The van der Waals surface area contributed by atoms with Crippen molar-refractivity contribution in [2.45, 2.75) is 40.5 Å². The molecule has 0 amide bonds. The van der Waals surface area contributed by atoms with Gasteiger partial charge in [-0.3, -0.25) is 4.79 Å². The van der Waals surface area contributed by atoms with E-state index in [-0.39, 0.29) is 12.4 Å². The van der Waals surface area contributed by atoms with Gasteiger partial charge in [-0.2, -0.15) is 0 Å². The molecule has 3 rings (SSSR count). The number of nitrogens with zero attached hydrogens (tertiary/aromatic N) is 1. The van der Waals surface area contributed by atoms with E-state index in [1.54, 1.807) is 19.9 Å². The Kier molecular flexibility index (Phi) is 5.49. The van der Waals surface area contributed by atoms with Crippen LogP contribution in [-0.2, 0) is 14.3 Å². The van der Waals surface area contributed by atoms with Gasteiger partial charge in [0.05, 0.1) is 23.8 Å². The number of carbonyl (C=O) groups is 2. The number of aryl methyl sites for hydroxylation is 1. The molecule has 0 saturated heterocycles. The van der Waals surface area contributed by atoms with Crippen molar-refractivity contribution in [2.75, 3.05) is 6.61 Å². The highest BCUT2D eigenvalue weighted by molar-refractivity contribution is 6.01. The molecule has 1 atom stereocenters. The lowest BCUT2D eigenvalue weighted by Crippen LogP contribution is -2.31. The maximum absolute atomic E-state index is 12.7. The first kappa shape index (κ1) is 19.6. The smallest absolute Gasteiger partial charge is 0.336 e. The summed E-state index contributed by atoms with van der Waals surface area (Å²) in [5, 5.41) is 7.33. The number of nitrogens with one attached hydrogen (secondary N) is 1. The summed E-state index contributed by atoms with van der Waals surface area (Å²) in [7, 11) is 0. The first-order chi connectivity index (χ1) is 13.3. The van der Waals surface area contributed by atoms with Crippen LogP contribution in [-0.4, -0.2) is 23.5 Å². The molecule has 1 aromatic carbocycles. The van der Waals surface area contributed by atoms with Crippen LogP contribution in [0.2, 0.25) is 0 Å². The van der Waals surface area contributed by atoms with Gasteiger partial charge in [-0.05, 0) is 34.6 Å². The third-order valence-electron chi connectivity index (χ3n) is 4.80. The Hall–Kier alpha value is -3.15. The number of ether oxygens (including phenoxy) is 1. The van der Waals surface area contributed by atoms with E-state index < -0.39 is 11.9 Å². The first-order valence-electron chi connectivity index (χ1n) is 9.23. The summed E-state index contributed by atoms with van der Waals surface area (Å²) < 4.78 is 10.8. The van der Waals surface area contributed by atoms with E-state index in [0.29, 0.717) is 34.0 Å². The molecule has 0 bridgehead atoms. The molecule has 28 heavy (non-hydrogen) atoms. The molecule has 2 aromatic rings. The van der Waals surface area contributed by atoms with Crippen LogP contribution in [0.1, 0.15) is 44.9 Å². The summed E-state index contributed by atoms with van der Waals surface area (Å²) in [5.74, 6) is -0.663. The van der Waals surface area contributed by atoms with E-state index in [0.717, 1.165) is 11.1 Å². The van der Waals surface area contributed by atoms with E-state index in [2.05, 4.69) is 10.5 Å². The number of rotatable bonds is 5. The summed E-state index contributed by atoms with van der Waals surface area (Å²) >= 11 is 0. The minimum Gasteiger partial charge on any atom is -0.463 e. The number of allylic oxidation sites excluding steroid dienone is 3. The van der Waals surface area contributed by atoms with Crippen LogP contribution in [0.3, 0.4) is 0 Å². The summed E-state index contributed by atoms with van der Waals surface area (Å²) in [6.07, 6.45) is 0. The maximum atomic E-state index is 12.7. The Morgan fingerprint density at radius 3 is 2.36 bits per heavy atom. The van der Waals surface area contributed by atoms with Gasteiger partial charge in [-0.1, -0.05) is 35.0 Å². The summed E-state index contributed by atoms with van der Waals surface area (Å²) in [6, 6.07) is 9.65. The number of carbonyl (C=O) groups excluding carboxylic acids is 2. The Labute approximate surface area is 164 Å². The fourth-order valence-electron chi connectivity index (χ4n) is 3.51. The zero-order valence-corrected chi connectivity index (χ0v) is 16.8. The standard InChI is InChI=1S/C22H24N2O4/c1-6-27-22(26)20-14(4)23-13(3)19(15(5)25)21(20)17-11-18(28-24-17)16-9-7-12(2)8-10-16/h7-11,21,23H,6H2,1-5H3. The first-order valence-corrected chi connectivity index (χ1v) is 9.23. The van der Waals surface area contributed by atoms with Gasteiger partial charge < -0.3 is 14.6 Å². The second-order valence-electron chi connectivity index (χ2n) is 6.89. The van der Waals surface area contributed by atoms with Gasteiger partial charge in [0.25, 0.3) is 0 Å². The van der Waals surface area contributed by atoms with Crippen LogP contribution in [0, 0.1) is 6.92 Å². The Balaban J connectivity index is 2.11. The number of hydrogen-bond donors (Lipinski definition) is 1. The molecular weight excluding hydrogens is 356 g/mol. The van der Waals surface area contributed by atoms with Gasteiger partial charge in [0.15, 0.2) is 11.5 Å². The molecule has 0 spiro atoms. The van der Waals surface area contributed by atoms with Gasteiger partial charge in [0.1, 0.15) is 0 Å². The molecule has 1 N–H and O–H groups in total. The van der Waals surface area contributed by atoms with Gasteiger partial charge in [0.2, 0.25) is 0 Å². The number of benzene rings is 1. The van der Waals surface area contributed by atoms with Gasteiger partial charge in [-0.25, -0.2) is 4.79 Å². The zero-order chi connectivity index (χ0) is 20.4. The summed E-state index contributed by atoms with van der Waals surface area (Å²) in [5.41, 5.74) is 4.72. The number of Topliss-reactive ketones (excluding diaryl/α,β-unsaturated/α-hetero) is 1. The molecule has 0 aliphatic carbocycles. The van der Waals surface area contributed by atoms with Crippen molar-refractivity contribution in [3.8, 4) is 11.3 Å². The quantitative estimate of drug-likeness (QED) is 0.789. The highest BCUT2D eigenvalue weighted by atomic mass is 16.5. The number of aromatic nitrogens is 1. The fraction of sp³-hybridized carbons (Fsp3) is 0.318. The van der Waals surface area contributed by atoms with Crippen molar-refractivity contribution in [1.29, 1.82) is 0 Å². The molecule has 0 fully saturated rings. The van der Waals surface area contributed by atoms with Gasteiger partial charge in [0, 0.05) is 28.6 Å². The second kappa shape index (κ2) is 7.84. The Morgan fingerprint density at radius 1 is 1.11 bits per heavy atom. The minimum atomic E-state index is -0.638. The molecule has 1 aromatic heterocycles. The van der Waals surface area contributed by atoms with E-state index >= 15 is 0 Å². The predicted octanol–water partition coefficient (Wildman–Crippen LogP) is 4.04. The monoisotopic (exact) mass is 380 g/mol. The average Bonchev–Trinajstić information content (AvgIpc) is 3.11. The van der Waals surface area contributed by atoms with E-state index in [9.17, 15) is 9.59 Å². The van der Waals surface area contributed by atoms with Crippen LogP contribution < -0.4 is 5.32 Å². The van der Waals surface area contributed by atoms with Crippen molar-refractivity contribution in [2.24, 2.45) is 0 Å². The SMILES string of the molecule is CCOC(=O)C1=C(C)NC(C)=C(C(C)=O)C1c1cc(-c2ccc(C)cc2)on1. The molecule has 1 aliphatic heterocycles. The normalized spacial score (nSPS) is 16.8. The third kappa shape index (κ3) is 3.63. The molecule has 0 radical (unpaired) electrons. The second-order valence-corrected chi connectivity index (χ2v) is 6.89. The maximum Gasteiger partial charge on any atom is 0.336 e. The minimum absolute atomic E-state index is 0.135. The Bertz CT molecular complexity index is 980. The highest BCUT2D eigenvalue weighted by Gasteiger charge is 2.37. The molecule has 6 heteroatoms. The van der Waals surface area contributed by atoms with Crippen LogP contribution >= 0.6 is 0 Å². The van der Waals surface area contributed by atoms with Crippen molar-refractivity contribution in [3.63, 3.8) is 0 Å². The lowest BCUT2D eigenvalue weighted by molar-refractivity contribution is -0.138. The van der Waals surface area contributed by atoms with Crippen molar-refractivity contribution in [1.82, 2.24) is 10.5 Å². The number of ketones is 1. The van der Waals surface area contributed by atoms with Crippen molar-refractivity contribution < 1.29 is 18.8 Å². The Morgan fingerprint density at radius 2 is 1.75 bits per heavy atom. The molecule has 0 saturated carbocycles. The average molecular weight is 380 g/mol. The van der Waals surface area contributed by atoms with Gasteiger partial charge in [-0.15, -0.1) is 0 Å². The molecule has 146 valence electrons. The highest BCUT2D eigenvalue weighted by Crippen LogP contribution is 2.39. The van der Waals surface area contributed by atoms with Crippen LogP contribution in [0.25, 0.3) is 11.3 Å². The van der Waals surface area contributed by atoms with E-state index in [1.807, 2.05) is 38.1 Å². The molecular formula is C22H24N2O4. The largest absolute Gasteiger partial charge is 0.463 e. The predicted molar refractivity (Wildman–Crippen MR) is 105 cm³/mol. The summed E-state index contributed by atoms with van der Waals surface area (Å²) in [6.45, 7) is 9.09. The molecule has 2 heterocycles. The topological polar surface area (TPSA) is 81.4 Å². The number of esters is 1. The molecule has 1 unspecified atom stereocenters. The van der Waals surface area contributed by atoms with Crippen molar-refractivity contribution >= 4 is 11.8 Å². The number of hydrogen-bond acceptors (Lipinski definition) is 6. The lowest BCUT2D eigenvalue weighted by atomic mass is 9.81. The molecule has 1 aliphatic rings. The number of dihydropyridines is 1. The van der Waals surface area contributed by atoms with Crippen LogP contribution in [0.5, 0.6) is 0 Å². The van der Waals surface area contributed by atoms with E-state index in [4.69, 9.17) is 9.26 Å². The third-order valence-corrected chi connectivity index (χ3v) is 4.80. The van der Waals surface area contributed by atoms with E-state index in [1.165, 1.54) is 6.92 Å². The lowest BCUT2D eigenvalue weighted by Gasteiger charge is -2.28. The zero-order valence-electron chi connectivity index (χ0n) is 16.8. The van der Waals surface area contributed by atoms with Crippen LogP contribution in [0.4, 0.5) is 0 Å². The van der Waals surface area contributed by atoms with Crippen molar-refractivity contribution in [3.05, 3.63) is 64.1 Å². The molecule has 6 nitrogen and oxygen atoms in total. The summed E-state index contributed by atoms with van der Waals surface area (Å²) in [4.78, 5) is 25.1. The van der Waals surface area contributed by atoms with Gasteiger partial charge >= 0.3 is 5.97 Å².